The molecule has 34 heavy (non-hydrogen) atoms. The maximum absolute atomic E-state index is 13.3. The predicted molar refractivity (Wildman–Crippen MR) is 132 cm³/mol. The first-order valence-corrected chi connectivity index (χ1v) is 12.1. The van der Waals surface area contributed by atoms with E-state index in [2.05, 4.69) is 20.5 Å². The number of aromatic amines is 1. The number of rotatable bonds is 10. The molecule has 11 nitrogen and oxygen atoms in total. The summed E-state index contributed by atoms with van der Waals surface area (Å²) in [5, 5.41) is 12.2. The second-order valence-electron chi connectivity index (χ2n) is 8.39. The number of amides is 1. The molecule has 0 aliphatic rings. The summed E-state index contributed by atoms with van der Waals surface area (Å²) in [7, 11) is 0. The van der Waals surface area contributed by atoms with Crippen molar-refractivity contribution in [1.29, 1.82) is 0 Å². The zero-order valence-corrected chi connectivity index (χ0v) is 20.6. The van der Waals surface area contributed by atoms with E-state index >= 15 is 0 Å². The molecular weight excluding hydrogens is 456 g/mol. The number of carbonyl (C=O) groups excluding carboxylic acids is 1. The largest absolute Gasteiger partial charge is 0.383 e. The second kappa shape index (κ2) is 11.1. The molecule has 3 rings (SSSR count). The summed E-state index contributed by atoms with van der Waals surface area (Å²) in [6, 6.07) is 7.68. The number of benzene rings is 1. The fraction of sp³-hybridized carbons (Fsp3) is 0.455. The molecule has 0 radical (unpaired) electrons. The molecule has 0 atom stereocenters. The Labute approximate surface area is 201 Å². The number of nitrogens with one attached hydrogen (secondary N) is 1. The number of aryl methyl sites for hydroxylation is 1. The van der Waals surface area contributed by atoms with E-state index < -0.39 is 11.2 Å². The molecule has 0 bridgehead atoms. The van der Waals surface area contributed by atoms with E-state index in [4.69, 9.17) is 5.73 Å². The number of anilines is 2. The van der Waals surface area contributed by atoms with Crippen molar-refractivity contribution in [2.45, 2.75) is 52.2 Å². The van der Waals surface area contributed by atoms with Gasteiger partial charge in [-0.05, 0) is 41.8 Å². The standard InChI is InChI=1S/C22H30N8O3S/c1-5-6-11-28(18-19(23)29(12-14(2)3)21(33)24-20(18)32)17(31)13-34-22-25-26-27-30(22)16-9-7-15(4)8-10-16/h7-10,14H,5-6,11-13,23H2,1-4H3,(H,24,32,33). The van der Waals surface area contributed by atoms with Gasteiger partial charge in [0.15, 0.2) is 5.69 Å². The highest BCUT2D eigenvalue weighted by atomic mass is 32.2. The molecule has 3 N–H and O–H groups in total. The highest BCUT2D eigenvalue weighted by Crippen LogP contribution is 2.23. The van der Waals surface area contributed by atoms with Gasteiger partial charge >= 0.3 is 5.69 Å². The van der Waals surface area contributed by atoms with E-state index in [0.29, 0.717) is 24.7 Å². The summed E-state index contributed by atoms with van der Waals surface area (Å²) < 4.78 is 2.86. The van der Waals surface area contributed by atoms with Crippen molar-refractivity contribution in [3.05, 3.63) is 50.7 Å². The van der Waals surface area contributed by atoms with E-state index in [1.165, 1.54) is 9.47 Å². The summed E-state index contributed by atoms with van der Waals surface area (Å²) in [5.74, 6) is -0.238. The number of thioether (sulfide) groups is 1. The number of aromatic nitrogens is 6. The number of unbranched alkanes of at least 4 members (excludes halogenated alkanes) is 1. The summed E-state index contributed by atoms with van der Waals surface area (Å²) in [6.45, 7) is 8.47. The van der Waals surface area contributed by atoms with Crippen molar-refractivity contribution >= 4 is 29.2 Å². The van der Waals surface area contributed by atoms with Crippen LogP contribution in [0.1, 0.15) is 39.2 Å². The van der Waals surface area contributed by atoms with Crippen molar-refractivity contribution < 1.29 is 4.79 Å². The smallest absolute Gasteiger partial charge is 0.330 e. The highest BCUT2D eigenvalue weighted by molar-refractivity contribution is 7.99. The van der Waals surface area contributed by atoms with Crippen molar-refractivity contribution in [1.82, 2.24) is 29.8 Å². The van der Waals surface area contributed by atoms with Crippen molar-refractivity contribution in [2.24, 2.45) is 5.92 Å². The number of tetrazole rings is 1. The molecule has 3 aromatic rings. The Morgan fingerprint density at radius 1 is 1.24 bits per heavy atom. The minimum Gasteiger partial charge on any atom is -0.383 e. The number of nitrogen functional groups attached to an aromatic ring is 1. The monoisotopic (exact) mass is 486 g/mol. The van der Waals surface area contributed by atoms with E-state index in [9.17, 15) is 14.4 Å². The third kappa shape index (κ3) is 5.74. The molecule has 182 valence electrons. The van der Waals surface area contributed by atoms with Gasteiger partial charge in [0.2, 0.25) is 11.1 Å². The molecule has 1 amide bonds. The Morgan fingerprint density at radius 3 is 2.59 bits per heavy atom. The Hall–Kier alpha value is -3.41. The molecule has 0 saturated carbocycles. The van der Waals surface area contributed by atoms with Gasteiger partial charge in [-0.15, -0.1) is 5.10 Å². The lowest BCUT2D eigenvalue weighted by Crippen LogP contribution is -2.42. The van der Waals surface area contributed by atoms with Gasteiger partial charge in [0.1, 0.15) is 5.82 Å². The van der Waals surface area contributed by atoms with Crippen LogP contribution in [0.2, 0.25) is 0 Å². The van der Waals surface area contributed by atoms with Gasteiger partial charge in [0.05, 0.1) is 11.4 Å². The van der Waals surface area contributed by atoms with Crippen LogP contribution in [0.15, 0.2) is 39.0 Å². The van der Waals surface area contributed by atoms with Crippen LogP contribution < -0.4 is 21.9 Å². The minimum atomic E-state index is -0.679. The second-order valence-corrected chi connectivity index (χ2v) is 9.34. The molecule has 0 fully saturated rings. The maximum Gasteiger partial charge on any atom is 0.330 e. The molecule has 0 spiro atoms. The van der Waals surface area contributed by atoms with E-state index in [1.807, 2.05) is 52.0 Å². The van der Waals surface area contributed by atoms with Crippen LogP contribution >= 0.6 is 11.8 Å². The molecule has 12 heteroatoms. The Morgan fingerprint density at radius 2 is 1.94 bits per heavy atom. The zero-order valence-electron chi connectivity index (χ0n) is 19.8. The molecule has 1 aromatic carbocycles. The van der Waals surface area contributed by atoms with Crippen LogP contribution in [-0.4, -0.2) is 48.0 Å². The van der Waals surface area contributed by atoms with Crippen molar-refractivity contribution in [3.8, 4) is 5.69 Å². The molecule has 2 aromatic heterocycles. The van der Waals surface area contributed by atoms with Crippen molar-refractivity contribution in [3.63, 3.8) is 0 Å². The van der Waals surface area contributed by atoms with Gasteiger partial charge in [0.25, 0.3) is 5.56 Å². The Kier molecular flexibility index (Phi) is 8.26. The molecule has 0 aliphatic heterocycles. The summed E-state index contributed by atoms with van der Waals surface area (Å²) in [6.07, 6.45) is 1.48. The van der Waals surface area contributed by atoms with Crippen LogP contribution in [0.4, 0.5) is 11.5 Å². The van der Waals surface area contributed by atoms with Crippen molar-refractivity contribution in [2.75, 3.05) is 22.9 Å². The summed E-state index contributed by atoms with van der Waals surface area (Å²) in [4.78, 5) is 42.0. The number of carbonyl (C=O) groups is 1. The van der Waals surface area contributed by atoms with Gasteiger partial charge in [-0.2, -0.15) is 4.68 Å². The van der Waals surface area contributed by atoms with E-state index in [0.717, 1.165) is 29.4 Å². The normalized spacial score (nSPS) is 11.2. The fourth-order valence-electron chi connectivity index (χ4n) is 3.38. The lowest BCUT2D eigenvalue weighted by molar-refractivity contribution is -0.116. The van der Waals surface area contributed by atoms with Gasteiger partial charge in [-0.3, -0.25) is 19.1 Å². The van der Waals surface area contributed by atoms with Gasteiger partial charge in [-0.25, -0.2) is 4.79 Å². The fourth-order valence-corrected chi connectivity index (χ4v) is 4.15. The first kappa shape index (κ1) is 25.2. The molecule has 0 aliphatic carbocycles. The average Bonchev–Trinajstić information content (AvgIpc) is 3.26. The topological polar surface area (TPSA) is 145 Å². The number of nitrogens with zero attached hydrogens (tertiary/aromatic N) is 6. The first-order valence-electron chi connectivity index (χ1n) is 11.1. The van der Waals surface area contributed by atoms with Crippen LogP contribution in [0, 0.1) is 12.8 Å². The lowest BCUT2D eigenvalue weighted by Gasteiger charge is -2.24. The number of hydrogen-bond acceptors (Lipinski definition) is 8. The van der Waals surface area contributed by atoms with Crippen LogP contribution in [0.25, 0.3) is 5.69 Å². The van der Waals surface area contributed by atoms with E-state index in [1.54, 1.807) is 4.68 Å². The van der Waals surface area contributed by atoms with Gasteiger partial charge < -0.3 is 10.6 Å². The summed E-state index contributed by atoms with van der Waals surface area (Å²) in [5.41, 5.74) is 6.86. The molecule has 0 saturated heterocycles. The number of nitrogens with two attached hydrogens (primary N) is 1. The quantitative estimate of drug-likeness (QED) is 0.414. The summed E-state index contributed by atoms with van der Waals surface area (Å²) >= 11 is 1.16. The minimum absolute atomic E-state index is 0.00238. The zero-order chi connectivity index (χ0) is 24.8. The molecule has 0 unspecified atom stereocenters. The third-order valence-electron chi connectivity index (χ3n) is 5.11. The molecule has 2 heterocycles. The van der Waals surface area contributed by atoms with E-state index in [-0.39, 0.29) is 29.1 Å². The molecular formula is C22H30N8O3S. The first-order chi connectivity index (χ1) is 16.2. The average molecular weight is 487 g/mol. The van der Waals surface area contributed by atoms with Crippen LogP contribution in [-0.2, 0) is 11.3 Å². The lowest BCUT2D eigenvalue weighted by atomic mass is 10.2. The van der Waals surface area contributed by atoms with Gasteiger partial charge in [-0.1, -0.05) is 56.7 Å². The predicted octanol–water partition coefficient (Wildman–Crippen LogP) is 1.98. The van der Waals surface area contributed by atoms with Crippen LogP contribution in [0.3, 0.4) is 0 Å². The highest BCUT2D eigenvalue weighted by Gasteiger charge is 2.25. The number of H-pyrrole nitrogens is 1. The van der Waals surface area contributed by atoms with Gasteiger partial charge in [0, 0.05) is 13.1 Å². The third-order valence-corrected chi connectivity index (χ3v) is 6.02. The number of hydrogen-bond donors (Lipinski definition) is 2. The Balaban J connectivity index is 1.89. The SMILES string of the molecule is CCCCN(C(=O)CSc1nnnn1-c1ccc(C)cc1)c1c(N)n(CC(C)C)c(=O)[nH]c1=O. The maximum atomic E-state index is 13.3. The van der Waals surface area contributed by atoms with Crippen LogP contribution in [0.5, 0.6) is 0 Å². The Bertz CT molecular complexity index is 1250.